The molecule has 0 radical (unpaired) electrons. The van der Waals surface area contributed by atoms with Crippen LogP contribution in [0.1, 0.15) is 38.8 Å². The van der Waals surface area contributed by atoms with Crippen LogP contribution in [0, 0.1) is 5.41 Å². The van der Waals surface area contributed by atoms with Crippen molar-refractivity contribution in [2.75, 3.05) is 6.54 Å². The number of nitrogens with zero attached hydrogens (tertiary/aromatic N) is 2. The highest BCUT2D eigenvalue weighted by Crippen LogP contribution is 2.31. The maximum atomic E-state index is 11.6. The standard InChI is InChI=1S/C13H19N3O/c1-13(2)6-11(5-12(17)7-13)15-4-3-10-8-14-9-16-10/h8-9H,3-7H2,1-2H3,(H,14,16). The molecule has 1 N–H and O–H groups in total. The monoisotopic (exact) mass is 233 g/mol. The lowest BCUT2D eigenvalue weighted by molar-refractivity contribution is -0.120. The topological polar surface area (TPSA) is 58.1 Å². The third-order valence-electron chi connectivity index (χ3n) is 3.03. The van der Waals surface area contributed by atoms with Gasteiger partial charge in [-0.25, -0.2) is 4.98 Å². The van der Waals surface area contributed by atoms with Crippen LogP contribution in [0.3, 0.4) is 0 Å². The molecule has 4 nitrogen and oxygen atoms in total. The van der Waals surface area contributed by atoms with Crippen LogP contribution in [0.4, 0.5) is 0 Å². The molecule has 0 bridgehead atoms. The van der Waals surface area contributed by atoms with E-state index in [1.54, 1.807) is 6.33 Å². The molecule has 0 amide bonds. The molecule has 4 heteroatoms. The maximum Gasteiger partial charge on any atom is 0.139 e. The Kier molecular flexibility index (Phi) is 3.41. The number of Topliss-reactive ketones (excluding diaryl/α,β-unsaturated/α-hetero) is 1. The second-order valence-electron chi connectivity index (χ2n) is 5.51. The molecular formula is C13H19N3O. The van der Waals surface area contributed by atoms with E-state index in [2.05, 4.69) is 28.8 Å². The number of H-pyrrole nitrogens is 1. The molecule has 1 aliphatic carbocycles. The zero-order chi connectivity index (χ0) is 12.3. The molecule has 17 heavy (non-hydrogen) atoms. The predicted octanol–water partition coefficient (Wildman–Crippen LogP) is 2.17. The zero-order valence-electron chi connectivity index (χ0n) is 10.5. The van der Waals surface area contributed by atoms with Crippen LogP contribution < -0.4 is 0 Å². The summed E-state index contributed by atoms with van der Waals surface area (Å²) in [5.74, 6) is 0.321. The molecule has 0 aromatic carbocycles. The quantitative estimate of drug-likeness (QED) is 0.869. The van der Waals surface area contributed by atoms with E-state index >= 15 is 0 Å². The Morgan fingerprint density at radius 3 is 2.94 bits per heavy atom. The summed E-state index contributed by atoms with van der Waals surface area (Å²) in [6.45, 7) is 5.00. The molecule has 1 fully saturated rings. The number of hydrogen-bond acceptors (Lipinski definition) is 3. The summed E-state index contributed by atoms with van der Waals surface area (Å²) < 4.78 is 0. The lowest BCUT2D eigenvalue weighted by atomic mass is 9.76. The van der Waals surface area contributed by atoms with Crippen molar-refractivity contribution in [3.05, 3.63) is 18.2 Å². The summed E-state index contributed by atoms with van der Waals surface area (Å²) >= 11 is 0. The first-order chi connectivity index (χ1) is 8.05. The van der Waals surface area contributed by atoms with Gasteiger partial charge in [-0.05, 0) is 11.8 Å². The van der Waals surface area contributed by atoms with Gasteiger partial charge in [-0.15, -0.1) is 0 Å². The predicted molar refractivity (Wildman–Crippen MR) is 67.2 cm³/mol. The van der Waals surface area contributed by atoms with Crippen LogP contribution in [0.15, 0.2) is 17.5 Å². The van der Waals surface area contributed by atoms with Crippen LogP contribution in [0.2, 0.25) is 0 Å². The molecule has 0 unspecified atom stereocenters. The summed E-state index contributed by atoms with van der Waals surface area (Å²) in [6, 6.07) is 0. The number of aliphatic imine (C=N–C) groups is 1. The molecule has 0 spiro atoms. The lowest BCUT2D eigenvalue weighted by Gasteiger charge is -2.29. The number of aromatic nitrogens is 2. The molecule has 1 aliphatic rings. The molecule has 0 saturated heterocycles. The largest absolute Gasteiger partial charge is 0.348 e. The van der Waals surface area contributed by atoms with Gasteiger partial charge < -0.3 is 4.98 Å². The Bertz CT molecular complexity index is 418. The Hall–Kier alpha value is -1.45. The van der Waals surface area contributed by atoms with Gasteiger partial charge in [0.15, 0.2) is 0 Å². The van der Waals surface area contributed by atoms with E-state index in [-0.39, 0.29) is 5.41 Å². The minimum absolute atomic E-state index is 0.0855. The minimum atomic E-state index is 0.0855. The van der Waals surface area contributed by atoms with Crippen molar-refractivity contribution < 1.29 is 4.79 Å². The second kappa shape index (κ2) is 4.82. The van der Waals surface area contributed by atoms with Crippen molar-refractivity contribution >= 4 is 11.5 Å². The number of rotatable bonds is 3. The summed E-state index contributed by atoms with van der Waals surface area (Å²) in [5, 5.41) is 0. The molecule has 1 aromatic rings. The smallest absolute Gasteiger partial charge is 0.139 e. The van der Waals surface area contributed by atoms with Gasteiger partial charge >= 0.3 is 0 Å². The zero-order valence-corrected chi connectivity index (χ0v) is 10.5. The second-order valence-corrected chi connectivity index (χ2v) is 5.51. The summed E-state index contributed by atoms with van der Waals surface area (Å²) in [6.07, 6.45) is 6.53. The van der Waals surface area contributed by atoms with E-state index in [1.807, 2.05) is 6.20 Å². The summed E-state index contributed by atoms with van der Waals surface area (Å²) in [7, 11) is 0. The Morgan fingerprint density at radius 2 is 2.29 bits per heavy atom. The molecule has 92 valence electrons. The molecule has 0 atom stereocenters. The highest BCUT2D eigenvalue weighted by Gasteiger charge is 2.29. The van der Waals surface area contributed by atoms with E-state index in [4.69, 9.17) is 0 Å². The number of aromatic amines is 1. The van der Waals surface area contributed by atoms with Crippen LogP contribution in [0.5, 0.6) is 0 Å². The number of imidazole rings is 1. The van der Waals surface area contributed by atoms with Crippen LogP contribution in [-0.2, 0) is 11.2 Å². The van der Waals surface area contributed by atoms with Crippen molar-refractivity contribution in [3.63, 3.8) is 0 Å². The maximum absolute atomic E-state index is 11.6. The van der Waals surface area contributed by atoms with Gasteiger partial charge in [0.1, 0.15) is 5.78 Å². The summed E-state index contributed by atoms with van der Waals surface area (Å²) in [4.78, 5) is 23.2. The van der Waals surface area contributed by atoms with Crippen molar-refractivity contribution in [3.8, 4) is 0 Å². The first kappa shape index (κ1) is 12.0. The normalized spacial score (nSPS) is 22.0. The van der Waals surface area contributed by atoms with E-state index < -0.39 is 0 Å². The van der Waals surface area contributed by atoms with Gasteiger partial charge in [0.2, 0.25) is 0 Å². The molecule has 2 rings (SSSR count). The van der Waals surface area contributed by atoms with Crippen LogP contribution in [0.25, 0.3) is 0 Å². The molecule has 0 aliphatic heterocycles. The van der Waals surface area contributed by atoms with E-state index in [0.717, 1.165) is 30.8 Å². The van der Waals surface area contributed by atoms with Crippen LogP contribution >= 0.6 is 0 Å². The van der Waals surface area contributed by atoms with Gasteiger partial charge in [-0.1, -0.05) is 13.8 Å². The van der Waals surface area contributed by atoms with Gasteiger partial charge in [0, 0.05) is 43.4 Å². The van der Waals surface area contributed by atoms with E-state index in [9.17, 15) is 4.79 Å². The first-order valence-electron chi connectivity index (χ1n) is 6.06. The van der Waals surface area contributed by atoms with Gasteiger partial charge in [0.25, 0.3) is 0 Å². The lowest BCUT2D eigenvalue weighted by Crippen LogP contribution is -2.29. The molecule has 1 aromatic heterocycles. The fourth-order valence-electron chi connectivity index (χ4n) is 2.37. The van der Waals surface area contributed by atoms with Gasteiger partial charge in [-0.3, -0.25) is 9.79 Å². The average molecular weight is 233 g/mol. The van der Waals surface area contributed by atoms with Crippen molar-refractivity contribution in [1.82, 2.24) is 9.97 Å². The summed E-state index contributed by atoms with van der Waals surface area (Å²) in [5.41, 5.74) is 2.24. The Balaban J connectivity index is 1.90. The minimum Gasteiger partial charge on any atom is -0.348 e. The average Bonchev–Trinajstić information content (AvgIpc) is 2.67. The van der Waals surface area contributed by atoms with Gasteiger partial charge in [0.05, 0.1) is 6.33 Å². The number of carbonyl (C=O) groups excluding carboxylic acids is 1. The van der Waals surface area contributed by atoms with E-state index in [1.165, 1.54) is 0 Å². The fourth-order valence-corrected chi connectivity index (χ4v) is 2.37. The van der Waals surface area contributed by atoms with Crippen molar-refractivity contribution in [1.29, 1.82) is 0 Å². The third-order valence-corrected chi connectivity index (χ3v) is 3.03. The molecule has 1 saturated carbocycles. The highest BCUT2D eigenvalue weighted by molar-refractivity contribution is 6.04. The Morgan fingerprint density at radius 1 is 1.47 bits per heavy atom. The number of ketones is 1. The fraction of sp³-hybridized carbons (Fsp3) is 0.615. The molecule has 1 heterocycles. The highest BCUT2D eigenvalue weighted by atomic mass is 16.1. The number of carbonyl (C=O) groups is 1. The van der Waals surface area contributed by atoms with Crippen molar-refractivity contribution in [2.45, 2.75) is 39.5 Å². The van der Waals surface area contributed by atoms with Gasteiger partial charge in [-0.2, -0.15) is 0 Å². The third kappa shape index (κ3) is 3.51. The number of nitrogens with one attached hydrogen (secondary N) is 1. The SMILES string of the molecule is CC1(C)CC(=O)CC(=NCCc2cnc[nH]2)C1. The first-order valence-corrected chi connectivity index (χ1v) is 6.06. The molecular weight excluding hydrogens is 214 g/mol. The Labute approximate surface area is 102 Å². The van der Waals surface area contributed by atoms with Crippen molar-refractivity contribution in [2.24, 2.45) is 10.4 Å². The van der Waals surface area contributed by atoms with E-state index in [0.29, 0.717) is 18.6 Å². The van der Waals surface area contributed by atoms with Crippen LogP contribution in [-0.4, -0.2) is 28.0 Å². The number of hydrogen-bond donors (Lipinski definition) is 1.